The molecule has 0 spiro atoms. The SMILES string of the molecule is O=C(NC1CCCCC1)Oc1ccc2ccncc2c1. The molecule has 1 aromatic heterocycles. The van der Waals surface area contributed by atoms with Gasteiger partial charge in [-0.05, 0) is 36.4 Å². The van der Waals surface area contributed by atoms with E-state index in [1.807, 2.05) is 24.3 Å². The largest absolute Gasteiger partial charge is 0.412 e. The Morgan fingerprint density at radius 2 is 2.00 bits per heavy atom. The molecular weight excluding hydrogens is 252 g/mol. The van der Waals surface area contributed by atoms with Crippen LogP contribution in [-0.2, 0) is 0 Å². The van der Waals surface area contributed by atoms with Crippen molar-refractivity contribution in [3.05, 3.63) is 36.7 Å². The highest BCUT2D eigenvalue weighted by Crippen LogP contribution is 2.21. The third-order valence-electron chi connectivity index (χ3n) is 3.75. The van der Waals surface area contributed by atoms with Crippen molar-refractivity contribution >= 4 is 16.9 Å². The van der Waals surface area contributed by atoms with Crippen LogP contribution in [0.15, 0.2) is 36.7 Å². The van der Waals surface area contributed by atoms with E-state index in [2.05, 4.69) is 10.3 Å². The Labute approximate surface area is 118 Å². The Balaban J connectivity index is 1.64. The highest BCUT2D eigenvalue weighted by atomic mass is 16.6. The molecule has 1 fully saturated rings. The molecule has 0 atom stereocenters. The van der Waals surface area contributed by atoms with Crippen molar-refractivity contribution in [3.63, 3.8) is 0 Å². The first-order valence-corrected chi connectivity index (χ1v) is 7.13. The van der Waals surface area contributed by atoms with E-state index in [0.717, 1.165) is 23.6 Å². The third kappa shape index (κ3) is 3.07. The summed E-state index contributed by atoms with van der Waals surface area (Å²) < 4.78 is 5.35. The summed E-state index contributed by atoms with van der Waals surface area (Å²) in [7, 11) is 0. The molecule has 0 radical (unpaired) electrons. The molecule has 104 valence electrons. The molecule has 0 bridgehead atoms. The number of carbonyl (C=O) groups is 1. The van der Waals surface area contributed by atoms with E-state index in [1.165, 1.54) is 19.3 Å². The van der Waals surface area contributed by atoms with E-state index >= 15 is 0 Å². The normalized spacial score (nSPS) is 16.0. The van der Waals surface area contributed by atoms with Crippen LogP contribution < -0.4 is 10.1 Å². The molecule has 1 saturated carbocycles. The van der Waals surface area contributed by atoms with Gasteiger partial charge in [0.15, 0.2) is 0 Å². The predicted octanol–water partition coefficient (Wildman–Crippen LogP) is 3.66. The van der Waals surface area contributed by atoms with Gasteiger partial charge in [0.2, 0.25) is 0 Å². The summed E-state index contributed by atoms with van der Waals surface area (Å²) in [6.45, 7) is 0. The van der Waals surface area contributed by atoms with Crippen molar-refractivity contribution in [2.45, 2.75) is 38.1 Å². The van der Waals surface area contributed by atoms with Crippen LogP contribution in [0.4, 0.5) is 4.79 Å². The van der Waals surface area contributed by atoms with Gasteiger partial charge in [-0.25, -0.2) is 4.79 Å². The average molecular weight is 270 g/mol. The van der Waals surface area contributed by atoms with E-state index < -0.39 is 0 Å². The lowest BCUT2D eigenvalue weighted by atomic mass is 9.96. The molecule has 4 nitrogen and oxygen atoms in total. The number of pyridine rings is 1. The van der Waals surface area contributed by atoms with Crippen molar-refractivity contribution in [2.75, 3.05) is 0 Å². The quantitative estimate of drug-likeness (QED) is 0.906. The molecule has 1 aliphatic rings. The Kier molecular flexibility index (Phi) is 3.81. The van der Waals surface area contributed by atoms with Crippen LogP contribution in [0.25, 0.3) is 10.8 Å². The maximum atomic E-state index is 11.9. The van der Waals surface area contributed by atoms with Crippen molar-refractivity contribution in [2.24, 2.45) is 0 Å². The average Bonchev–Trinajstić information content (AvgIpc) is 2.48. The maximum Gasteiger partial charge on any atom is 0.412 e. The van der Waals surface area contributed by atoms with E-state index in [1.54, 1.807) is 12.4 Å². The highest BCUT2D eigenvalue weighted by molar-refractivity contribution is 5.83. The highest BCUT2D eigenvalue weighted by Gasteiger charge is 2.16. The molecule has 1 aliphatic carbocycles. The summed E-state index contributed by atoms with van der Waals surface area (Å²) in [5, 5.41) is 4.99. The van der Waals surface area contributed by atoms with Gasteiger partial charge in [-0.2, -0.15) is 0 Å². The fourth-order valence-corrected chi connectivity index (χ4v) is 2.68. The lowest BCUT2D eigenvalue weighted by Crippen LogP contribution is -2.37. The number of fused-ring (bicyclic) bond motifs is 1. The number of nitrogens with zero attached hydrogens (tertiary/aromatic N) is 1. The second kappa shape index (κ2) is 5.90. The van der Waals surface area contributed by atoms with E-state index in [0.29, 0.717) is 5.75 Å². The molecule has 3 rings (SSSR count). The zero-order chi connectivity index (χ0) is 13.8. The molecule has 1 N–H and O–H groups in total. The summed E-state index contributed by atoms with van der Waals surface area (Å²) >= 11 is 0. The summed E-state index contributed by atoms with van der Waals surface area (Å²) in [5.74, 6) is 0.554. The van der Waals surface area contributed by atoms with Crippen LogP contribution in [0, 0.1) is 0 Å². The molecule has 1 heterocycles. The minimum atomic E-state index is -0.361. The zero-order valence-corrected chi connectivity index (χ0v) is 11.3. The van der Waals surface area contributed by atoms with Crippen LogP contribution >= 0.6 is 0 Å². The number of carbonyl (C=O) groups excluding carboxylic acids is 1. The lowest BCUT2D eigenvalue weighted by molar-refractivity contribution is 0.192. The lowest BCUT2D eigenvalue weighted by Gasteiger charge is -2.22. The van der Waals surface area contributed by atoms with Gasteiger partial charge >= 0.3 is 6.09 Å². The van der Waals surface area contributed by atoms with E-state index in [9.17, 15) is 4.79 Å². The number of benzene rings is 1. The second-order valence-electron chi connectivity index (χ2n) is 5.25. The first-order chi connectivity index (χ1) is 9.81. The van der Waals surface area contributed by atoms with Gasteiger partial charge in [0.1, 0.15) is 5.75 Å². The van der Waals surface area contributed by atoms with Gasteiger partial charge in [0.25, 0.3) is 0 Å². The van der Waals surface area contributed by atoms with E-state index in [4.69, 9.17) is 4.74 Å². The zero-order valence-electron chi connectivity index (χ0n) is 11.3. The fourth-order valence-electron chi connectivity index (χ4n) is 2.68. The van der Waals surface area contributed by atoms with Gasteiger partial charge in [-0.1, -0.05) is 25.3 Å². The Morgan fingerprint density at radius 1 is 1.15 bits per heavy atom. The van der Waals surface area contributed by atoms with Crippen molar-refractivity contribution in [1.82, 2.24) is 10.3 Å². The van der Waals surface area contributed by atoms with Gasteiger partial charge in [-0.3, -0.25) is 4.98 Å². The number of rotatable bonds is 2. The van der Waals surface area contributed by atoms with E-state index in [-0.39, 0.29) is 12.1 Å². The maximum absolute atomic E-state index is 11.9. The van der Waals surface area contributed by atoms with Crippen LogP contribution in [0.3, 0.4) is 0 Å². The molecule has 20 heavy (non-hydrogen) atoms. The monoisotopic (exact) mass is 270 g/mol. The smallest absolute Gasteiger partial charge is 0.410 e. The molecule has 2 aromatic rings. The van der Waals surface area contributed by atoms with Gasteiger partial charge in [-0.15, -0.1) is 0 Å². The van der Waals surface area contributed by atoms with Crippen molar-refractivity contribution in [3.8, 4) is 5.75 Å². The minimum Gasteiger partial charge on any atom is -0.410 e. The van der Waals surface area contributed by atoms with Gasteiger partial charge in [0, 0.05) is 23.8 Å². The number of amides is 1. The number of ether oxygens (including phenoxy) is 1. The van der Waals surface area contributed by atoms with Gasteiger partial charge in [0.05, 0.1) is 0 Å². The number of aromatic nitrogens is 1. The number of nitrogens with one attached hydrogen (secondary N) is 1. The Hall–Kier alpha value is -2.10. The Bertz CT molecular complexity index is 606. The molecule has 0 saturated heterocycles. The number of hydrogen-bond acceptors (Lipinski definition) is 3. The minimum absolute atomic E-state index is 0.262. The van der Waals surface area contributed by atoms with Crippen molar-refractivity contribution < 1.29 is 9.53 Å². The summed E-state index contributed by atoms with van der Waals surface area (Å²) in [6.07, 6.45) is 8.90. The first kappa shape index (κ1) is 12.9. The summed E-state index contributed by atoms with van der Waals surface area (Å²) in [5.41, 5.74) is 0. The van der Waals surface area contributed by atoms with Crippen molar-refractivity contribution in [1.29, 1.82) is 0 Å². The summed E-state index contributed by atoms with van der Waals surface area (Å²) in [4.78, 5) is 15.9. The molecule has 4 heteroatoms. The van der Waals surface area contributed by atoms with Crippen LogP contribution in [-0.4, -0.2) is 17.1 Å². The molecular formula is C16H18N2O2. The van der Waals surface area contributed by atoms with Crippen LogP contribution in [0.5, 0.6) is 5.75 Å². The van der Waals surface area contributed by atoms with Crippen LogP contribution in [0.1, 0.15) is 32.1 Å². The topological polar surface area (TPSA) is 51.2 Å². The fraction of sp³-hybridized carbons (Fsp3) is 0.375. The molecule has 0 aliphatic heterocycles. The van der Waals surface area contributed by atoms with Crippen LogP contribution in [0.2, 0.25) is 0 Å². The standard InChI is InChI=1S/C16H18N2O2/c19-16(18-14-4-2-1-3-5-14)20-15-7-6-12-8-9-17-11-13(12)10-15/h6-11,14H,1-5H2,(H,18,19). The summed E-state index contributed by atoms with van der Waals surface area (Å²) in [6, 6.07) is 7.77. The predicted molar refractivity (Wildman–Crippen MR) is 77.8 cm³/mol. The Morgan fingerprint density at radius 3 is 2.85 bits per heavy atom. The second-order valence-corrected chi connectivity index (χ2v) is 5.25. The third-order valence-corrected chi connectivity index (χ3v) is 3.75. The number of hydrogen-bond donors (Lipinski definition) is 1. The molecule has 1 aromatic carbocycles. The van der Waals surface area contributed by atoms with Gasteiger partial charge < -0.3 is 10.1 Å². The molecule has 1 amide bonds. The molecule has 0 unspecified atom stereocenters. The first-order valence-electron chi connectivity index (χ1n) is 7.13.